The van der Waals surface area contributed by atoms with Crippen LogP contribution in [0.1, 0.15) is 17.0 Å². The zero-order chi connectivity index (χ0) is 14.8. The number of aliphatic hydroxyl groups is 1. The Morgan fingerprint density at radius 3 is 2.60 bits per heavy atom. The van der Waals surface area contributed by atoms with Crippen molar-refractivity contribution in [3.63, 3.8) is 0 Å². The lowest BCUT2D eigenvalue weighted by molar-refractivity contribution is 0.281. The fourth-order valence-electron chi connectivity index (χ4n) is 1.81. The Kier molecular flexibility index (Phi) is 4.06. The maximum Gasteiger partial charge on any atom is 0.261 e. The molecule has 2 aromatic rings. The van der Waals surface area contributed by atoms with Crippen molar-refractivity contribution in [2.75, 3.05) is 4.72 Å². The number of hydrogen-bond acceptors (Lipinski definition) is 4. The molecule has 1 heterocycles. The summed E-state index contributed by atoms with van der Waals surface area (Å²) in [5.74, 6) is 0. The van der Waals surface area contributed by atoms with Gasteiger partial charge in [-0.05, 0) is 43.7 Å². The van der Waals surface area contributed by atoms with Crippen molar-refractivity contribution in [3.8, 4) is 0 Å². The van der Waals surface area contributed by atoms with E-state index < -0.39 is 10.0 Å². The first kappa shape index (κ1) is 14.5. The molecule has 2 rings (SSSR count). The van der Waals surface area contributed by atoms with Crippen LogP contribution in [0.15, 0.2) is 41.3 Å². The van der Waals surface area contributed by atoms with Crippen LogP contribution in [0.2, 0.25) is 0 Å². The van der Waals surface area contributed by atoms with E-state index in [9.17, 15) is 8.42 Å². The maximum atomic E-state index is 12.3. The molecule has 0 saturated heterocycles. The van der Waals surface area contributed by atoms with E-state index in [4.69, 9.17) is 5.11 Å². The maximum absolute atomic E-state index is 12.3. The van der Waals surface area contributed by atoms with E-state index in [0.29, 0.717) is 16.9 Å². The quantitative estimate of drug-likeness (QED) is 0.903. The molecule has 1 aromatic carbocycles. The van der Waals surface area contributed by atoms with Crippen LogP contribution in [0, 0.1) is 13.8 Å². The van der Waals surface area contributed by atoms with Crippen molar-refractivity contribution >= 4 is 15.7 Å². The van der Waals surface area contributed by atoms with Crippen molar-refractivity contribution in [3.05, 3.63) is 53.3 Å². The number of aromatic nitrogens is 1. The van der Waals surface area contributed by atoms with Crippen molar-refractivity contribution in [1.29, 1.82) is 0 Å². The molecule has 0 aliphatic heterocycles. The predicted octanol–water partition coefficient (Wildman–Crippen LogP) is 1.99. The minimum Gasteiger partial charge on any atom is -0.392 e. The molecule has 0 fully saturated rings. The Bertz CT molecular complexity index is 727. The van der Waals surface area contributed by atoms with Crippen LogP contribution < -0.4 is 4.72 Å². The molecular formula is C14H16N2O3S. The van der Waals surface area contributed by atoms with E-state index in [1.807, 2.05) is 6.92 Å². The molecule has 5 nitrogen and oxygen atoms in total. The molecule has 0 atom stereocenters. The lowest BCUT2D eigenvalue weighted by Gasteiger charge is -2.11. The monoisotopic (exact) mass is 292 g/mol. The Morgan fingerprint density at radius 2 is 1.95 bits per heavy atom. The Hall–Kier alpha value is -1.92. The van der Waals surface area contributed by atoms with Gasteiger partial charge >= 0.3 is 0 Å². The van der Waals surface area contributed by atoms with Gasteiger partial charge in [0.05, 0.1) is 22.9 Å². The minimum absolute atomic E-state index is 0.115. The van der Waals surface area contributed by atoms with E-state index in [2.05, 4.69) is 9.71 Å². The topological polar surface area (TPSA) is 79.3 Å². The van der Waals surface area contributed by atoms with Gasteiger partial charge in [0.1, 0.15) is 0 Å². The van der Waals surface area contributed by atoms with Gasteiger partial charge in [-0.25, -0.2) is 8.42 Å². The molecule has 0 radical (unpaired) electrons. The fraction of sp³-hybridized carbons (Fsp3) is 0.214. The zero-order valence-corrected chi connectivity index (χ0v) is 12.1. The second-order valence-electron chi connectivity index (χ2n) is 4.50. The second-order valence-corrected chi connectivity index (χ2v) is 6.18. The first-order chi connectivity index (χ1) is 9.42. The van der Waals surface area contributed by atoms with Gasteiger partial charge in [-0.2, -0.15) is 0 Å². The second kappa shape index (κ2) is 5.60. The third kappa shape index (κ3) is 3.15. The van der Waals surface area contributed by atoms with Gasteiger partial charge in [0.15, 0.2) is 0 Å². The molecule has 1 aromatic heterocycles. The molecule has 0 amide bonds. The molecule has 0 unspecified atom stereocenters. The standard InChI is InChI=1S/C14H16N2O3S/c1-10-6-7-14(11(2)15-10)16-20(18,19)13-5-3-4-12(8-13)9-17/h3-8,16-17H,9H2,1-2H3. The van der Waals surface area contributed by atoms with Crippen LogP contribution in [0.3, 0.4) is 0 Å². The molecule has 0 spiro atoms. The highest BCUT2D eigenvalue weighted by Crippen LogP contribution is 2.19. The Morgan fingerprint density at radius 1 is 1.20 bits per heavy atom. The number of hydrogen-bond donors (Lipinski definition) is 2. The first-order valence-electron chi connectivity index (χ1n) is 6.09. The van der Waals surface area contributed by atoms with Gasteiger partial charge in [0, 0.05) is 5.69 Å². The number of pyridine rings is 1. The molecule has 0 bridgehead atoms. The van der Waals surface area contributed by atoms with Gasteiger partial charge in [0.25, 0.3) is 10.0 Å². The van der Waals surface area contributed by atoms with Gasteiger partial charge in [-0.15, -0.1) is 0 Å². The summed E-state index contributed by atoms with van der Waals surface area (Å²) in [4.78, 5) is 4.33. The average Bonchev–Trinajstić information content (AvgIpc) is 2.42. The van der Waals surface area contributed by atoms with E-state index in [1.165, 1.54) is 12.1 Å². The predicted molar refractivity (Wildman–Crippen MR) is 76.9 cm³/mol. The minimum atomic E-state index is -3.68. The third-order valence-electron chi connectivity index (χ3n) is 2.86. The van der Waals surface area contributed by atoms with E-state index in [-0.39, 0.29) is 11.5 Å². The van der Waals surface area contributed by atoms with Crippen LogP contribution in [-0.2, 0) is 16.6 Å². The lowest BCUT2D eigenvalue weighted by atomic mass is 10.2. The van der Waals surface area contributed by atoms with Crippen LogP contribution in [0.25, 0.3) is 0 Å². The van der Waals surface area contributed by atoms with Gasteiger partial charge < -0.3 is 5.11 Å². The lowest BCUT2D eigenvalue weighted by Crippen LogP contribution is -2.14. The summed E-state index contributed by atoms with van der Waals surface area (Å²) < 4.78 is 27.1. The summed E-state index contributed by atoms with van der Waals surface area (Å²) in [5.41, 5.74) is 2.44. The molecule has 2 N–H and O–H groups in total. The summed E-state index contributed by atoms with van der Waals surface area (Å²) >= 11 is 0. The smallest absolute Gasteiger partial charge is 0.261 e. The highest BCUT2D eigenvalue weighted by atomic mass is 32.2. The Labute approximate surface area is 118 Å². The number of benzene rings is 1. The molecule has 106 valence electrons. The number of rotatable bonds is 4. The molecule has 0 aliphatic carbocycles. The number of aliphatic hydroxyl groups excluding tert-OH is 1. The average molecular weight is 292 g/mol. The number of nitrogens with one attached hydrogen (secondary N) is 1. The number of nitrogens with zero attached hydrogens (tertiary/aromatic N) is 1. The first-order valence-corrected chi connectivity index (χ1v) is 7.57. The SMILES string of the molecule is Cc1ccc(NS(=O)(=O)c2cccc(CO)c2)c(C)n1. The molecule has 0 saturated carbocycles. The summed E-state index contributed by atoms with van der Waals surface area (Å²) in [6.07, 6.45) is 0. The van der Waals surface area contributed by atoms with Crippen LogP contribution in [0.4, 0.5) is 5.69 Å². The highest BCUT2D eigenvalue weighted by molar-refractivity contribution is 7.92. The molecule has 0 aliphatic rings. The summed E-state index contributed by atoms with van der Waals surface area (Å²) in [7, 11) is -3.68. The largest absolute Gasteiger partial charge is 0.392 e. The summed E-state index contributed by atoms with van der Waals surface area (Å²) in [5, 5.41) is 9.07. The van der Waals surface area contributed by atoms with Crippen molar-refractivity contribution < 1.29 is 13.5 Å². The van der Waals surface area contributed by atoms with Crippen molar-refractivity contribution in [2.24, 2.45) is 0 Å². The zero-order valence-electron chi connectivity index (χ0n) is 11.3. The van der Waals surface area contributed by atoms with Gasteiger partial charge in [-0.1, -0.05) is 12.1 Å². The van der Waals surface area contributed by atoms with Gasteiger partial charge in [0.2, 0.25) is 0 Å². The molecular weight excluding hydrogens is 276 g/mol. The normalized spacial score (nSPS) is 11.3. The van der Waals surface area contributed by atoms with E-state index >= 15 is 0 Å². The highest BCUT2D eigenvalue weighted by Gasteiger charge is 2.15. The van der Waals surface area contributed by atoms with Crippen molar-refractivity contribution in [1.82, 2.24) is 4.98 Å². The van der Waals surface area contributed by atoms with Crippen LogP contribution in [0.5, 0.6) is 0 Å². The van der Waals surface area contributed by atoms with Gasteiger partial charge in [-0.3, -0.25) is 9.71 Å². The third-order valence-corrected chi connectivity index (χ3v) is 4.22. The van der Waals surface area contributed by atoms with E-state index in [1.54, 1.807) is 31.2 Å². The van der Waals surface area contributed by atoms with Crippen molar-refractivity contribution in [2.45, 2.75) is 25.3 Å². The Balaban J connectivity index is 2.35. The number of sulfonamides is 1. The number of anilines is 1. The van der Waals surface area contributed by atoms with Crippen LogP contribution >= 0.6 is 0 Å². The fourth-order valence-corrected chi connectivity index (χ4v) is 3.00. The van der Waals surface area contributed by atoms with E-state index in [0.717, 1.165) is 5.69 Å². The molecule has 6 heteroatoms. The van der Waals surface area contributed by atoms with Crippen LogP contribution in [-0.4, -0.2) is 18.5 Å². The summed E-state index contributed by atoms with van der Waals surface area (Å²) in [6.45, 7) is 3.39. The molecule has 20 heavy (non-hydrogen) atoms. The number of aryl methyl sites for hydroxylation is 2. The summed E-state index contributed by atoms with van der Waals surface area (Å²) in [6, 6.07) is 9.62.